The van der Waals surface area contributed by atoms with Crippen molar-refractivity contribution in [3.05, 3.63) is 34.5 Å². The van der Waals surface area contributed by atoms with Gasteiger partial charge in [-0.15, -0.1) is 0 Å². The summed E-state index contributed by atoms with van der Waals surface area (Å²) >= 11 is 5.93. The van der Waals surface area contributed by atoms with E-state index < -0.39 is 5.97 Å². The van der Waals surface area contributed by atoms with E-state index in [0.717, 1.165) is 10.9 Å². The summed E-state index contributed by atoms with van der Waals surface area (Å²) in [6.07, 6.45) is 1.26. The molecule has 0 spiro atoms. The van der Waals surface area contributed by atoms with E-state index in [0.29, 0.717) is 30.0 Å². The molecule has 0 saturated heterocycles. The molecule has 1 amide bonds. The molecular weight excluding hydrogens is 294 g/mol. The van der Waals surface area contributed by atoms with Crippen molar-refractivity contribution in [2.75, 3.05) is 6.54 Å². The number of nitrogens with one attached hydrogen (secondary N) is 1. The highest BCUT2D eigenvalue weighted by Gasteiger charge is 2.17. The number of aliphatic carboxylic acids is 1. The molecule has 0 fully saturated rings. The van der Waals surface area contributed by atoms with E-state index in [1.54, 1.807) is 18.2 Å². The highest BCUT2D eigenvalue weighted by Crippen LogP contribution is 2.27. The van der Waals surface area contributed by atoms with Crippen molar-refractivity contribution in [3.63, 3.8) is 0 Å². The fraction of sp³-hybridized carbons (Fsp3) is 0.333. The van der Waals surface area contributed by atoms with Crippen LogP contribution in [0.1, 0.15) is 35.4 Å². The summed E-state index contributed by atoms with van der Waals surface area (Å²) in [5.41, 5.74) is 1.36. The fourth-order valence-corrected chi connectivity index (χ4v) is 2.27. The lowest BCUT2D eigenvalue weighted by molar-refractivity contribution is -0.137. The zero-order valence-electron chi connectivity index (χ0n) is 11.6. The number of carboxylic acid groups (broad SMARTS) is 1. The van der Waals surface area contributed by atoms with Gasteiger partial charge in [-0.2, -0.15) is 0 Å². The molecule has 2 rings (SSSR count). The van der Waals surface area contributed by atoms with Gasteiger partial charge in [0.25, 0.3) is 5.91 Å². The summed E-state index contributed by atoms with van der Waals surface area (Å²) in [5, 5.41) is 12.7. The lowest BCUT2D eigenvalue weighted by Crippen LogP contribution is -2.24. The average molecular weight is 310 g/mol. The molecule has 0 radical (unpaired) electrons. The minimum atomic E-state index is -0.827. The zero-order valence-corrected chi connectivity index (χ0v) is 12.4. The van der Waals surface area contributed by atoms with E-state index in [2.05, 4.69) is 5.32 Å². The van der Waals surface area contributed by atoms with Crippen molar-refractivity contribution >= 4 is 34.4 Å². The van der Waals surface area contributed by atoms with Crippen LogP contribution in [0.2, 0.25) is 5.02 Å². The van der Waals surface area contributed by atoms with Crippen molar-refractivity contribution in [3.8, 4) is 0 Å². The summed E-state index contributed by atoms with van der Waals surface area (Å²) in [6.45, 7) is 2.23. The number of carbonyl (C=O) groups is 2. The van der Waals surface area contributed by atoms with E-state index in [9.17, 15) is 9.59 Å². The first-order chi connectivity index (χ1) is 9.99. The van der Waals surface area contributed by atoms with E-state index in [1.165, 1.54) is 0 Å². The highest BCUT2D eigenvalue weighted by atomic mass is 35.5. The number of halogens is 1. The topological polar surface area (TPSA) is 79.5 Å². The molecule has 0 aliphatic rings. The zero-order chi connectivity index (χ0) is 15.4. The Hall–Kier alpha value is -2.01. The van der Waals surface area contributed by atoms with Gasteiger partial charge in [-0.1, -0.05) is 11.6 Å². The first kappa shape index (κ1) is 15.4. The first-order valence-corrected chi connectivity index (χ1v) is 7.05. The number of amides is 1. The minimum absolute atomic E-state index is 0.109. The maximum absolute atomic E-state index is 12.1. The molecule has 5 nitrogen and oxygen atoms in total. The summed E-state index contributed by atoms with van der Waals surface area (Å²) in [7, 11) is 0. The maximum Gasteiger partial charge on any atom is 0.303 e. The van der Waals surface area contributed by atoms with E-state index in [1.807, 2.05) is 6.92 Å². The van der Waals surface area contributed by atoms with Gasteiger partial charge >= 0.3 is 5.97 Å². The van der Waals surface area contributed by atoms with Gasteiger partial charge in [-0.05, 0) is 38.0 Å². The summed E-state index contributed by atoms with van der Waals surface area (Å²) in [5.74, 6) is -0.855. The van der Waals surface area contributed by atoms with Gasteiger partial charge in [0.2, 0.25) is 0 Å². The first-order valence-electron chi connectivity index (χ1n) is 6.67. The van der Waals surface area contributed by atoms with Crippen LogP contribution < -0.4 is 5.32 Å². The number of fused-ring (bicyclic) bond motifs is 1. The Morgan fingerprint density at radius 3 is 2.81 bits per heavy atom. The van der Waals surface area contributed by atoms with Gasteiger partial charge in [0.1, 0.15) is 5.58 Å². The molecule has 0 saturated carbocycles. The number of carbonyl (C=O) groups excluding carboxylic acids is 1. The monoisotopic (exact) mass is 309 g/mol. The Morgan fingerprint density at radius 1 is 1.33 bits per heavy atom. The predicted octanol–water partition coefficient (Wildman–Crippen LogP) is 3.38. The van der Waals surface area contributed by atoms with Gasteiger partial charge in [-0.3, -0.25) is 9.59 Å². The number of unbranched alkanes of at least 4 members (excludes halogenated alkanes) is 1. The Labute approximate surface area is 126 Å². The smallest absolute Gasteiger partial charge is 0.303 e. The Balaban J connectivity index is 1.99. The van der Waals surface area contributed by atoms with Crippen LogP contribution >= 0.6 is 11.6 Å². The lowest BCUT2D eigenvalue weighted by atomic mass is 10.1. The number of hydrogen-bond donors (Lipinski definition) is 2. The van der Waals surface area contributed by atoms with Gasteiger partial charge in [-0.25, -0.2) is 0 Å². The molecule has 1 aromatic heterocycles. The lowest BCUT2D eigenvalue weighted by Gasteiger charge is -2.02. The molecular formula is C15H16ClNO4. The van der Waals surface area contributed by atoms with Gasteiger partial charge < -0.3 is 14.8 Å². The summed E-state index contributed by atoms with van der Waals surface area (Å²) in [4.78, 5) is 22.4. The van der Waals surface area contributed by atoms with Crippen LogP contribution in [-0.2, 0) is 4.79 Å². The Kier molecular flexibility index (Phi) is 4.85. The number of benzene rings is 1. The van der Waals surface area contributed by atoms with Gasteiger partial charge in [0.05, 0.1) is 0 Å². The average Bonchev–Trinajstić information content (AvgIpc) is 2.75. The van der Waals surface area contributed by atoms with Crippen LogP contribution in [0.3, 0.4) is 0 Å². The number of aryl methyl sites for hydroxylation is 1. The second-order valence-electron chi connectivity index (χ2n) is 4.80. The molecule has 1 aromatic carbocycles. The largest absolute Gasteiger partial charge is 0.481 e. The van der Waals surface area contributed by atoms with Gasteiger partial charge in [0, 0.05) is 28.9 Å². The molecule has 0 aliphatic carbocycles. The van der Waals surface area contributed by atoms with Crippen molar-refractivity contribution in [1.29, 1.82) is 0 Å². The predicted molar refractivity (Wildman–Crippen MR) is 79.8 cm³/mol. The van der Waals surface area contributed by atoms with E-state index in [-0.39, 0.29) is 18.1 Å². The number of furan rings is 1. The second-order valence-corrected chi connectivity index (χ2v) is 5.24. The van der Waals surface area contributed by atoms with Gasteiger partial charge in [0.15, 0.2) is 5.76 Å². The van der Waals surface area contributed by atoms with Crippen LogP contribution in [0.4, 0.5) is 0 Å². The molecule has 1 heterocycles. The molecule has 0 atom stereocenters. The Bertz CT molecular complexity index is 678. The van der Waals surface area contributed by atoms with Crippen LogP contribution in [0.25, 0.3) is 11.0 Å². The fourth-order valence-electron chi connectivity index (χ4n) is 2.09. The Morgan fingerprint density at radius 2 is 2.10 bits per heavy atom. The van der Waals surface area contributed by atoms with Crippen molar-refractivity contribution in [1.82, 2.24) is 5.32 Å². The third kappa shape index (κ3) is 3.76. The SMILES string of the molecule is Cc1c(C(=O)NCCCCC(=O)O)oc2ccc(Cl)cc12. The van der Waals surface area contributed by atoms with Crippen LogP contribution in [-0.4, -0.2) is 23.5 Å². The maximum atomic E-state index is 12.1. The highest BCUT2D eigenvalue weighted by molar-refractivity contribution is 6.31. The standard InChI is InChI=1S/C15H16ClNO4/c1-9-11-8-10(16)5-6-12(11)21-14(9)15(20)17-7-3-2-4-13(18)19/h5-6,8H,2-4,7H2,1H3,(H,17,20)(H,18,19). The van der Waals surface area contributed by atoms with Crippen molar-refractivity contribution < 1.29 is 19.1 Å². The molecule has 0 unspecified atom stereocenters. The molecule has 6 heteroatoms. The molecule has 112 valence electrons. The number of carboxylic acids is 1. The molecule has 2 N–H and O–H groups in total. The van der Waals surface area contributed by atoms with Crippen LogP contribution in [0.5, 0.6) is 0 Å². The minimum Gasteiger partial charge on any atom is -0.481 e. The molecule has 21 heavy (non-hydrogen) atoms. The number of rotatable bonds is 6. The normalized spacial score (nSPS) is 10.8. The molecule has 2 aromatic rings. The van der Waals surface area contributed by atoms with Crippen LogP contribution in [0, 0.1) is 6.92 Å². The second kappa shape index (κ2) is 6.63. The summed E-state index contributed by atoms with van der Waals surface area (Å²) < 4.78 is 5.55. The summed E-state index contributed by atoms with van der Waals surface area (Å²) in [6, 6.07) is 5.20. The van der Waals surface area contributed by atoms with Crippen molar-refractivity contribution in [2.45, 2.75) is 26.2 Å². The van der Waals surface area contributed by atoms with E-state index in [4.69, 9.17) is 21.1 Å². The number of hydrogen-bond acceptors (Lipinski definition) is 3. The quantitative estimate of drug-likeness (QED) is 0.802. The van der Waals surface area contributed by atoms with Crippen molar-refractivity contribution in [2.24, 2.45) is 0 Å². The molecule has 0 bridgehead atoms. The van der Waals surface area contributed by atoms with E-state index >= 15 is 0 Å². The third-order valence-corrected chi connectivity index (χ3v) is 3.44. The third-order valence-electron chi connectivity index (χ3n) is 3.21. The molecule has 0 aliphatic heterocycles. The van der Waals surface area contributed by atoms with Crippen LogP contribution in [0.15, 0.2) is 22.6 Å².